The largest absolute Gasteiger partial charge is 0.472 e. The molecule has 0 saturated heterocycles. The van der Waals surface area contributed by atoms with Gasteiger partial charge in [0.2, 0.25) is 0 Å². The molecule has 0 bridgehead atoms. The number of hydrogen-bond donors (Lipinski definition) is 1. The fraction of sp³-hybridized carbons (Fsp3) is 0.182. The summed E-state index contributed by atoms with van der Waals surface area (Å²) in [4.78, 5) is 3.94. The first kappa shape index (κ1) is 9.86. The van der Waals surface area contributed by atoms with Gasteiger partial charge in [0.05, 0.1) is 18.2 Å². The summed E-state index contributed by atoms with van der Waals surface area (Å²) in [5, 5.41) is 3.08. The van der Waals surface area contributed by atoms with E-state index in [2.05, 4.69) is 10.3 Å². The van der Waals surface area contributed by atoms with Crippen molar-refractivity contribution in [2.75, 3.05) is 0 Å². The summed E-state index contributed by atoms with van der Waals surface area (Å²) in [7, 11) is 0. The molecule has 0 aromatic carbocycles. The second kappa shape index (κ2) is 4.70. The van der Waals surface area contributed by atoms with Crippen molar-refractivity contribution >= 4 is 0 Å². The van der Waals surface area contributed by atoms with Gasteiger partial charge in [-0.3, -0.25) is 4.98 Å². The Kier molecular flexibility index (Phi) is 3.09. The highest BCUT2D eigenvalue weighted by atomic mass is 19.1. The number of nitrogens with one attached hydrogen (secondary N) is 1. The molecule has 0 radical (unpaired) electrons. The number of hydrogen-bond acceptors (Lipinski definition) is 3. The van der Waals surface area contributed by atoms with E-state index in [-0.39, 0.29) is 5.82 Å². The quantitative estimate of drug-likeness (QED) is 0.832. The lowest BCUT2D eigenvalue weighted by Gasteiger charge is -2.02. The van der Waals surface area contributed by atoms with E-state index >= 15 is 0 Å². The van der Waals surface area contributed by atoms with Gasteiger partial charge in [0.1, 0.15) is 5.82 Å². The molecular weight excluding hydrogens is 195 g/mol. The zero-order chi connectivity index (χ0) is 10.5. The lowest BCUT2D eigenvalue weighted by molar-refractivity contribution is 0.555. The normalized spacial score (nSPS) is 10.5. The standard InChI is InChI=1S/C11H11FN2O/c12-10-2-1-4-14-11(10)7-13-6-9-3-5-15-8-9/h1-5,8,13H,6-7H2. The number of furan rings is 1. The fourth-order valence-corrected chi connectivity index (χ4v) is 1.27. The van der Waals surface area contributed by atoms with Crippen molar-refractivity contribution in [2.24, 2.45) is 0 Å². The summed E-state index contributed by atoms with van der Waals surface area (Å²) in [6, 6.07) is 4.85. The number of pyridine rings is 1. The van der Waals surface area contributed by atoms with Crippen LogP contribution in [0.1, 0.15) is 11.3 Å². The van der Waals surface area contributed by atoms with Crippen molar-refractivity contribution < 1.29 is 8.81 Å². The van der Waals surface area contributed by atoms with Crippen LogP contribution in [0.25, 0.3) is 0 Å². The summed E-state index contributed by atoms with van der Waals surface area (Å²) in [5.41, 5.74) is 1.47. The first-order chi connectivity index (χ1) is 7.36. The SMILES string of the molecule is Fc1cccnc1CNCc1ccoc1. The Bertz CT molecular complexity index is 414. The van der Waals surface area contributed by atoms with Crippen molar-refractivity contribution in [2.45, 2.75) is 13.1 Å². The van der Waals surface area contributed by atoms with Crippen LogP contribution in [0.2, 0.25) is 0 Å². The molecule has 15 heavy (non-hydrogen) atoms. The highest BCUT2D eigenvalue weighted by Gasteiger charge is 2.01. The lowest BCUT2D eigenvalue weighted by atomic mass is 10.3. The third kappa shape index (κ3) is 2.63. The van der Waals surface area contributed by atoms with Gasteiger partial charge < -0.3 is 9.73 Å². The van der Waals surface area contributed by atoms with Crippen LogP contribution in [-0.2, 0) is 13.1 Å². The van der Waals surface area contributed by atoms with E-state index in [1.165, 1.54) is 6.07 Å². The maximum atomic E-state index is 13.1. The van der Waals surface area contributed by atoms with Crippen LogP contribution in [0.3, 0.4) is 0 Å². The molecule has 0 unspecified atom stereocenters. The highest BCUT2D eigenvalue weighted by molar-refractivity contribution is 5.08. The molecule has 0 saturated carbocycles. The van der Waals surface area contributed by atoms with Crippen LogP contribution < -0.4 is 5.32 Å². The highest BCUT2D eigenvalue weighted by Crippen LogP contribution is 2.03. The van der Waals surface area contributed by atoms with E-state index in [4.69, 9.17) is 4.42 Å². The third-order valence-electron chi connectivity index (χ3n) is 2.04. The van der Waals surface area contributed by atoms with Gasteiger partial charge in [-0.05, 0) is 18.2 Å². The molecule has 3 nitrogen and oxygen atoms in total. The summed E-state index contributed by atoms with van der Waals surface area (Å²) >= 11 is 0. The van der Waals surface area contributed by atoms with Gasteiger partial charge in [0.15, 0.2) is 0 Å². The zero-order valence-corrected chi connectivity index (χ0v) is 8.11. The predicted octanol–water partition coefficient (Wildman–Crippen LogP) is 2.10. The second-order valence-corrected chi connectivity index (χ2v) is 3.17. The number of nitrogens with zero attached hydrogens (tertiary/aromatic N) is 1. The Morgan fingerprint density at radius 1 is 1.33 bits per heavy atom. The van der Waals surface area contributed by atoms with Gasteiger partial charge in [0, 0.05) is 24.8 Å². The van der Waals surface area contributed by atoms with Crippen molar-refractivity contribution in [3.05, 3.63) is 54.0 Å². The van der Waals surface area contributed by atoms with E-state index in [9.17, 15) is 4.39 Å². The van der Waals surface area contributed by atoms with Crippen molar-refractivity contribution in [1.29, 1.82) is 0 Å². The molecule has 0 amide bonds. The molecule has 0 aliphatic rings. The molecular formula is C11H11FN2O. The van der Waals surface area contributed by atoms with Gasteiger partial charge in [-0.25, -0.2) is 4.39 Å². The minimum atomic E-state index is -0.280. The predicted molar refractivity (Wildman–Crippen MR) is 53.4 cm³/mol. The second-order valence-electron chi connectivity index (χ2n) is 3.17. The maximum absolute atomic E-state index is 13.1. The average molecular weight is 206 g/mol. The summed E-state index contributed by atoms with van der Waals surface area (Å²) in [6.07, 6.45) is 4.85. The van der Waals surface area contributed by atoms with E-state index in [1.807, 2.05) is 6.07 Å². The fourth-order valence-electron chi connectivity index (χ4n) is 1.27. The topological polar surface area (TPSA) is 38.1 Å². The summed E-state index contributed by atoms with van der Waals surface area (Å²) < 4.78 is 18.0. The molecule has 0 spiro atoms. The Labute approximate surface area is 86.9 Å². The molecule has 2 heterocycles. The average Bonchev–Trinajstić information content (AvgIpc) is 2.74. The van der Waals surface area contributed by atoms with Crippen LogP contribution in [0, 0.1) is 5.82 Å². The molecule has 0 aliphatic heterocycles. The molecule has 4 heteroatoms. The maximum Gasteiger partial charge on any atom is 0.146 e. The van der Waals surface area contributed by atoms with Crippen LogP contribution in [0.4, 0.5) is 4.39 Å². The summed E-state index contributed by atoms with van der Waals surface area (Å²) in [5.74, 6) is -0.280. The lowest BCUT2D eigenvalue weighted by Crippen LogP contribution is -2.14. The van der Waals surface area contributed by atoms with Gasteiger partial charge in [0.25, 0.3) is 0 Å². The molecule has 78 valence electrons. The van der Waals surface area contributed by atoms with Crippen molar-refractivity contribution in [3.63, 3.8) is 0 Å². The summed E-state index contributed by atoms with van der Waals surface area (Å²) in [6.45, 7) is 1.06. The van der Waals surface area contributed by atoms with Crippen LogP contribution >= 0.6 is 0 Å². The molecule has 2 rings (SSSR count). The van der Waals surface area contributed by atoms with Gasteiger partial charge in [-0.15, -0.1) is 0 Å². The van der Waals surface area contributed by atoms with Crippen molar-refractivity contribution in [1.82, 2.24) is 10.3 Å². The van der Waals surface area contributed by atoms with E-state index in [0.29, 0.717) is 18.8 Å². The molecule has 0 aliphatic carbocycles. The van der Waals surface area contributed by atoms with Gasteiger partial charge >= 0.3 is 0 Å². The Hall–Kier alpha value is -1.68. The smallest absolute Gasteiger partial charge is 0.146 e. The Morgan fingerprint density at radius 2 is 2.27 bits per heavy atom. The van der Waals surface area contributed by atoms with Crippen LogP contribution in [0.5, 0.6) is 0 Å². The Balaban J connectivity index is 1.86. The Morgan fingerprint density at radius 3 is 3.00 bits per heavy atom. The van der Waals surface area contributed by atoms with Crippen LogP contribution in [-0.4, -0.2) is 4.98 Å². The van der Waals surface area contributed by atoms with E-state index in [1.54, 1.807) is 24.8 Å². The number of halogens is 1. The molecule has 2 aromatic rings. The van der Waals surface area contributed by atoms with Crippen molar-refractivity contribution in [3.8, 4) is 0 Å². The van der Waals surface area contributed by atoms with Gasteiger partial charge in [-0.2, -0.15) is 0 Å². The number of rotatable bonds is 4. The van der Waals surface area contributed by atoms with Gasteiger partial charge in [-0.1, -0.05) is 0 Å². The minimum absolute atomic E-state index is 0.280. The number of aromatic nitrogens is 1. The first-order valence-corrected chi connectivity index (χ1v) is 4.67. The molecule has 0 fully saturated rings. The van der Waals surface area contributed by atoms with E-state index in [0.717, 1.165) is 5.56 Å². The minimum Gasteiger partial charge on any atom is -0.472 e. The van der Waals surface area contributed by atoms with E-state index < -0.39 is 0 Å². The monoisotopic (exact) mass is 206 g/mol. The molecule has 1 N–H and O–H groups in total. The molecule has 2 aromatic heterocycles. The van der Waals surface area contributed by atoms with Crippen LogP contribution in [0.15, 0.2) is 41.3 Å². The third-order valence-corrected chi connectivity index (χ3v) is 2.04. The zero-order valence-electron chi connectivity index (χ0n) is 8.11. The first-order valence-electron chi connectivity index (χ1n) is 4.67. The molecule has 0 atom stereocenters.